The summed E-state index contributed by atoms with van der Waals surface area (Å²) >= 11 is 0. The van der Waals surface area contributed by atoms with Crippen molar-refractivity contribution in [1.29, 1.82) is 0 Å². The van der Waals surface area contributed by atoms with Crippen molar-refractivity contribution < 1.29 is 19.1 Å². The average Bonchev–Trinajstić information content (AvgIpc) is 2.62. The lowest BCUT2D eigenvalue weighted by Crippen LogP contribution is -2.44. The minimum absolute atomic E-state index is 0.00406. The molecule has 0 saturated carbocycles. The highest BCUT2D eigenvalue weighted by atomic mass is 16.6. The molecule has 0 spiro atoms. The average molecular weight is 371 g/mol. The molecule has 0 aliphatic carbocycles. The zero-order chi connectivity index (χ0) is 19.4. The van der Waals surface area contributed by atoms with Crippen LogP contribution in [0.2, 0.25) is 0 Å². The summed E-state index contributed by atoms with van der Waals surface area (Å²) in [6.45, 7) is 6.98. The van der Waals surface area contributed by atoms with E-state index < -0.39 is 5.60 Å². The number of rotatable bonds is 3. The van der Waals surface area contributed by atoms with Gasteiger partial charge in [-0.3, -0.25) is 9.79 Å². The maximum atomic E-state index is 12.1. The maximum Gasteiger partial charge on any atom is 0.410 e. The first kappa shape index (κ1) is 19.1. The molecule has 3 heterocycles. The molecule has 3 rings (SSSR count). The molecule has 0 atom stereocenters. The van der Waals surface area contributed by atoms with Crippen LogP contribution in [0.4, 0.5) is 4.79 Å². The van der Waals surface area contributed by atoms with Gasteiger partial charge in [-0.25, -0.2) is 9.78 Å². The Balaban J connectivity index is 1.50. The third-order valence-electron chi connectivity index (χ3n) is 4.25. The summed E-state index contributed by atoms with van der Waals surface area (Å²) in [7, 11) is 0. The number of allylic oxidation sites excluding steroid dienone is 1. The molecule has 2 aliphatic rings. The predicted molar refractivity (Wildman–Crippen MR) is 101 cm³/mol. The van der Waals surface area contributed by atoms with E-state index in [1.54, 1.807) is 17.2 Å². The SMILES string of the molecule is CC(C)(C)OC(=O)N1CCC(Oc2ccc(C3=NCC(=O)C=C3)cn2)CC1. The van der Waals surface area contributed by atoms with Crippen LogP contribution in [0, 0.1) is 0 Å². The molecule has 0 aromatic carbocycles. The number of likely N-dealkylation sites (tertiary alicyclic amines) is 1. The highest BCUT2D eigenvalue weighted by molar-refractivity contribution is 6.14. The van der Waals surface area contributed by atoms with Crippen LogP contribution < -0.4 is 4.74 Å². The van der Waals surface area contributed by atoms with Gasteiger partial charge in [0.15, 0.2) is 5.78 Å². The number of dihydropyridines is 1. The van der Waals surface area contributed by atoms with E-state index in [1.165, 1.54) is 6.08 Å². The molecule has 0 radical (unpaired) electrons. The lowest BCUT2D eigenvalue weighted by Gasteiger charge is -2.33. The minimum Gasteiger partial charge on any atom is -0.474 e. The summed E-state index contributed by atoms with van der Waals surface area (Å²) in [6, 6.07) is 3.69. The van der Waals surface area contributed by atoms with Crippen LogP contribution in [-0.4, -0.2) is 58.8 Å². The van der Waals surface area contributed by atoms with Crippen molar-refractivity contribution in [2.24, 2.45) is 4.99 Å². The van der Waals surface area contributed by atoms with Gasteiger partial charge in [0.05, 0.1) is 5.71 Å². The topological polar surface area (TPSA) is 81.1 Å². The van der Waals surface area contributed by atoms with Gasteiger partial charge in [0.2, 0.25) is 5.88 Å². The Labute approximate surface area is 159 Å². The van der Waals surface area contributed by atoms with E-state index in [0.717, 1.165) is 24.1 Å². The molecule has 1 aromatic rings. The van der Waals surface area contributed by atoms with Gasteiger partial charge < -0.3 is 14.4 Å². The van der Waals surface area contributed by atoms with E-state index in [4.69, 9.17) is 9.47 Å². The number of carbonyl (C=O) groups is 2. The lowest BCUT2D eigenvalue weighted by molar-refractivity contribution is -0.113. The Morgan fingerprint density at radius 2 is 1.93 bits per heavy atom. The number of pyridine rings is 1. The van der Waals surface area contributed by atoms with Crippen LogP contribution in [-0.2, 0) is 9.53 Å². The number of ketones is 1. The summed E-state index contributed by atoms with van der Waals surface area (Å²) in [4.78, 5) is 33.6. The van der Waals surface area contributed by atoms with Gasteiger partial charge in [-0.15, -0.1) is 0 Å². The second kappa shape index (κ2) is 7.90. The number of ether oxygens (including phenoxy) is 2. The van der Waals surface area contributed by atoms with E-state index in [0.29, 0.717) is 19.0 Å². The molecular formula is C20H25N3O4. The zero-order valence-corrected chi connectivity index (χ0v) is 16.0. The highest BCUT2D eigenvalue weighted by Crippen LogP contribution is 2.20. The Kier molecular flexibility index (Phi) is 5.58. The van der Waals surface area contributed by atoms with Crippen LogP contribution in [0.15, 0.2) is 35.5 Å². The van der Waals surface area contributed by atoms with Crippen molar-refractivity contribution >= 4 is 17.6 Å². The van der Waals surface area contributed by atoms with E-state index >= 15 is 0 Å². The van der Waals surface area contributed by atoms with Crippen LogP contribution in [0.1, 0.15) is 39.2 Å². The lowest BCUT2D eigenvalue weighted by atomic mass is 10.1. The molecule has 2 aliphatic heterocycles. The Hall–Kier alpha value is -2.70. The summed E-state index contributed by atoms with van der Waals surface area (Å²) in [6.07, 6.45) is 6.15. The van der Waals surface area contributed by atoms with Gasteiger partial charge in [0.1, 0.15) is 18.2 Å². The predicted octanol–water partition coefficient (Wildman–Crippen LogP) is 2.79. The molecule has 1 aromatic heterocycles. The van der Waals surface area contributed by atoms with Gasteiger partial charge in [0, 0.05) is 43.8 Å². The van der Waals surface area contributed by atoms with Crippen molar-refractivity contribution in [3.8, 4) is 5.88 Å². The summed E-state index contributed by atoms with van der Waals surface area (Å²) < 4.78 is 11.3. The van der Waals surface area contributed by atoms with Gasteiger partial charge in [0.25, 0.3) is 0 Å². The number of nitrogens with zero attached hydrogens (tertiary/aromatic N) is 3. The van der Waals surface area contributed by atoms with E-state index in [1.807, 2.05) is 32.9 Å². The zero-order valence-electron chi connectivity index (χ0n) is 16.0. The third kappa shape index (κ3) is 5.39. The molecule has 7 heteroatoms. The minimum atomic E-state index is -0.485. The summed E-state index contributed by atoms with van der Waals surface area (Å²) in [5, 5.41) is 0. The maximum absolute atomic E-state index is 12.1. The molecule has 0 bridgehead atoms. The Bertz CT molecular complexity index is 754. The molecule has 0 unspecified atom stereocenters. The van der Waals surface area contributed by atoms with Gasteiger partial charge in [-0.2, -0.15) is 0 Å². The largest absolute Gasteiger partial charge is 0.474 e. The van der Waals surface area contributed by atoms with Crippen molar-refractivity contribution in [1.82, 2.24) is 9.88 Å². The quantitative estimate of drug-likeness (QED) is 0.816. The van der Waals surface area contributed by atoms with Crippen LogP contribution in [0.3, 0.4) is 0 Å². The molecule has 1 fully saturated rings. The molecule has 7 nitrogen and oxygen atoms in total. The van der Waals surface area contributed by atoms with Crippen molar-refractivity contribution in [2.45, 2.75) is 45.3 Å². The fourth-order valence-electron chi connectivity index (χ4n) is 2.88. The number of piperidine rings is 1. The molecule has 27 heavy (non-hydrogen) atoms. The normalized spacial score (nSPS) is 18.3. The molecule has 144 valence electrons. The molecular weight excluding hydrogens is 346 g/mol. The van der Waals surface area contributed by atoms with Gasteiger partial charge >= 0.3 is 6.09 Å². The summed E-state index contributed by atoms with van der Waals surface area (Å²) in [5.41, 5.74) is 1.12. The van der Waals surface area contributed by atoms with Crippen LogP contribution in [0.5, 0.6) is 5.88 Å². The number of aromatic nitrogens is 1. The van der Waals surface area contributed by atoms with Crippen LogP contribution in [0.25, 0.3) is 0 Å². The number of hydrogen-bond acceptors (Lipinski definition) is 6. The Morgan fingerprint density at radius 3 is 2.48 bits per heavy atom. The monoisotopic (exact) mass is 371 g/mol. The van der Waals surface area contributed by atoms with Crippen LogP contribution >= 0.6 is 0 Å². The van der Waals surface area contributed by atoms with Crippen molar-refractivity contribution in [3.05, 3.63) is 36.0 Å². The molecule has 0 N–H and O–H groups in total. The smallest absolute Gasteiger partial charge is 0.410 e. The first-order valence-electron chi connectivity index (χ1n) is 9.16. The first-order valence-corrected chi connectivity index (χ1v) is 9.16. The van der Waals surface area contributed by atoms with E-state index in [-0.39, 0.29) is 24.5 Å². The van der Waals surface area contributed by atoms with Gasteiger partial charge in [-0.1, -0.05) is 0 Å². The van der Waals surface area contributed by atoms with Crippen molar-refractivity contribution in [2.75, 3.05) is 19.6 Å². The molecule has 1 amide bonds. The summed E-state index contributed by atoms with van der Waals surface area (Å²) in [5.74, 6) is 0.551. The number of carbonyl (C=O) groups excluding carboxylic acids is 2. The number of amides is 1. The van der Waals surface area contributed by atoms with Gasteiger partial charge in [-0.05, 0) is 39.0 Å². The van der Waals surface area contributed by atoms with E-state index in [9.17, 15) is 9.59 Å². The van der Waals surface area contributed by atoms with E-state index in [2.05, 4.69) is 9.98 Å². The standard InChI is InChI=1S/C20H25N3O4/c1-20(2,3)27-19(25)23-10-8-16(9-11-23)26-18-7-4-14(12-22-18)17-6-5-15(24)13-21-17/h4-7,12,16H,8-11,13H2,1-3H3. The Morgan fingerprint density at radius 1 is 1.19 bits per heavy atom. The third-order valence-corrected chi connectivity index (χ3v) is 4.25. The second-order valence-corrected chi connectivity index (χ2v) is 7.67. The highest BCUT2D eigenvalue weighted by Gasteiger charge is 2.27. The fourth-order valence-corrected chi connectivity index (χ4v) is 2.88. The second-order valence-electron chi connectivity index (χ2n) is 7.67. The number of aliphatic imine (C=N–C) groups is 1. The number of hydrogen-bond donors (Lipinski definition) is 0. The fraction of sp³-hybridized carbons (Fsp3) is 0.500. The first-order chi connectivity index (χ1) is 12.8. The molecule has 1 saturated heterocycles. The van der Waals surface area contributed by atoms with Crippen molar-refractivity contribution in [3.63, 3.8) is 0 Å².